The minimum Gasteiger partial charge on any atom is -0.466 e. The van der Waals surface area contributed by atoms with Crippen molar-refractivity contribution in [3.05, 3.63) is 52.0 Å². The largest absolute Gasteiger partial charge is 0.466 e. The second-order valence-corrected chi connectivity index (χ2v) is 9.55. The zero-order valence-electron chi connectivity index (χ0n) is 23.0. The van der Waals surface area contributed by atoms with Gasteiger partial charge in [-0.1, -0.05) is 13.3 Å². The van der Waals surface area contributed by atoms with Crippen molar-refractivity contribution in [2.24, 2.45) is 0 Å². The maximum absolute atomic E-state index is 15.0. The van der Waals surface area contributed by atoms with E-state index in [-0.39, 0.29) is 42.0 Å². The van der Waals surface area contributed by atoms with Gasteiger partial charge in [0.2, 0.25) is 5.91 Å². The Bertz CT molecular complexity index is 1290. The average molecular weight is 559 g/mol. The number of unbranched alkanes of at least 4 members (excludes halogenated alkanes) is 1. The molecule has 11 nitrogen and oxygen atoms in total. The first-order valence-corrected chi connectivity index (χ1v) is 12.9. The first-order valence-electron chi connectivity index (χ1n) is 12.9. The second-order valence-electron chi connectivity index (χ2n) is 9.55. The Morgan fingerprint density at radius 2 is 1.57 bits per heavy atom. The van der Waals surface area contributed by atoms with Crippen LogP contribution in [0, 0.1) is 5.82 Å². The molecule has 214 valence electrons. The van der Waals surface area contributed by atoms with Crippen molar-refractivity contribution in [1.29, 1.82) is 0 Å². The van der Waals surface area contributed by atoms with Crippen LogP contribution in [-0.2, 0) is 48.3 Å². The predicted molar refractivity (Wildman–Crippen MR) is 137 cm³/mol. The van der Waals surface area contributed by atoms with Crippen LogP contribution in [0.2, 0.25) is 0 Å². The summed E-state index contributed by atoms with van der Waals surface area (Å²) in [6.07, 6.45) is 1.93. The molecule has 1 aromatic carbocycles. The van der Waals surface area contributed by atoms with Crippen LogP contribution in [0.5, 0.6) is 0 Å². The van der Waals surface area contributed by atoms with Crippen molar-refractivity contribution in [2.45, 2.75) is 44.1 Å². The van der Waals surface area contributed by atoms with Crippen LogP contribution in [0.1, 0.15) is 38.2 Å². The number of fused-ring (bicyclic) bond motifs is 3. The molecule has 1 amide bonds. The molecule has 3 heterocycles. The number of anilines is 1. The van der Waals surface area contributed by atoms with Gasteiger partial charge in [0.15, 0.2) is 0 Å². The number of rotatable bonds is 7. The molecule has 0 aliphatic carbocycles. The van der Waals surface area contributed by atoms with E-state index >= 15 is 4.39 Å². The monoisotopic (exact) mass is 558 g/mol. The minimum atomic E-state index is -2.50. The smallest absolute Gasteiger partial charge is 0.354 e. The van der Waals surface area contributed by atoms with E-state index in [1.54, 1.807) is 0 Å². The van der Waals surface area contributed by atoms with Gasteiger partial charge < -0.3 is 28.7 Å². The molecule has 1 saturated heterocycles. The number of halogens is 1. The molecular formula is C28H31FN2O9. The number of nitrogens with zero attached hydrogens (tertiary/aromatic N) is 2. The lowest BCUT2D eigenvalue weighted by atomic mass is 9.66. The summed E-state index contributed by atoms with van der Waals surface area (Å²) in [6, 6.07) is 2.55. The molecule has 0 saturated carbocycles. The van der Waals surface area contributed by atoms with E-state index in [1.165, 1.54) is 15.9 Å². The van der Waals surface area contributed by atoms with Crippen LogP contribution in [0.25, 0.3) is 0 Å². The molecule has 4 rings (SSSR count). The lowest BCUT2D eigenvalue weighted by Gasteiger charge is -2.32. The first-order chi connectivity index (χ1) is 19.1. The fraction of sp³-hybridized carbons (Fsp3) is 0.464. The Morgan fingerprint density at radius 3 is 2.17 bits per heavy atom. The summed E-state index contributed by atoms with van der Waals surface area (Å²) in [6.45, 7) is 2.23. The minimum absolute atomic E-state index is 0.113. The van der Waals surface area contributed by atoms with Crippen LogP contribution in [-0.4, -0.2) is 82.3 Å². The number of esters is 4. The first kappa shape index (κ1) is 28.8. The van der Waals surface area contributed by atoms with Gasteiger partial charge in [-0.2, -0.15) is 0 Å². The Kier molecular flexibility index (Phi) is 7.99. The normalized spacial score (nSPS) is 21.8. The Labute approximate surface area is 230 Å². The number of hydrogen-bond donors (Lipinski definition) is 0. The third-order valence-electron chi connectivity index (χ3n) is 7.65. The highest BCUT2D eigenvalue weighted by atomic mass is 19.1. The van der Waals surface area contributed by atoms with Crippen LogP contribution < -0.4 is 4.90 Å². The van der Waals surface area contributed by atoms with Crippen LogP contribution >= 0.6 is 0 Å². The van der Waals surface area contributed by atoms with E-state index < -0.39 is 58.2 Å². The van der Waals surface area contributed by atoms with Gasteiger partial charge in [0.25, 0.3) is 0 Å². The van der Waals surface area contributed by atoms with E-state index in [1.807, 2.05) is 6.92 Å². The highest BCUT2D eigenvalue weighted by Gasteiger charge is 2.65. The highest BCUT2D eigenvalue weighted by Crippen LogP contribution is 2.56. The summed E-state index contributed by atoms with van der Waals surface area (Å²) in [4.78, 5) is 72.2. The fourth-order valence-corrected chi connectivity index (χ4v) is 6.02. The van der Waals surface area contributed by atoms with Crippen molar-refractivity contribution in [2.75, 3.05) is 46.4 Å². The number of benzene rings is 1. The average Bonchev–Trinajstić information content (AvgIpc) is 3.49. The van der Waals surface area contributed by atoms with Gasteiger partial charge in [0.05, 0.1) is 51.2 Å². The third-order valence-corrected chi connectivity index (χ3v) is 7.65. The third kappa shape index (κ3) is 4.04. The zero-order chi connectivity index (χ0) is 29.4. The van der Waals surface area contributed by atoms with Crippen LogP contribution in [0.15, 0.2) is 40.6 Å². The number of amides is 1. The molecule has 0 bridgehead atoms. The maximum Gasteiger partial charge on any atom is 0.354 e. The molecule has 0 N–H and O–H groups in total. The number of hydrogen-bond acceptors (Lipinski definition) is 10. The van der Waals surface area contributed by atoms with Gasteiger partial charge in [0, 0.05) is 24.3 Å². The van der Waals surface area contributed by atoms with Gasteiger partial charge >= 0.3 is 23.9 Å². The topological polar surface area (TPSA) is 129 Å². The lowest BCUT2D eigenvalue weighted by Crippen LogP contribution is -2.49. The SMILES string of the molecule is CCCCN1C(=O)[C@@]2(C(C(=O)OC)=C(C(=O)OC)[C@H]3CCCN3C(C(=O)OC)=C2C(=O)OC)c2cc(F)ccc21. The number of ether oxygens (including phenoxy) is 4. The standard InChI is InChI=1S/C28H31FN2O9/c1-6-7-12-31-17-11-10-15(29)14-16(17)28(27(31)36)20(24(33)38-3)19(23(32)37-2)18-9-8-13-30(18)22(26(35)40-5)21(28)25(34)39-4/h10-11,14,18H,6-9,12-13H2,1-5H3/t18-,28-/m1/s1. The highest BCUT2D eigenvalue weighted by molar-refractivity contribution is 6.25. The van der Waals surface area contributed by atoms with E-state index in [2.05, 4.69) is 0 Å². The second kappa shape index (κ2) is 11.1. The summed E-state index contributed by atoms with van der Waals surface area (Å²) in [5, 5.41) is 0. The summed E-state index contributed by atoms with van der Waals surface area (Å²) in [5.74, 6) is -5.85. The maximum atomic E-state index is 15.0. The van der Waals surface area contributed by atoms with Crippen molar-refractivity contribution in [3.63, 3.8) is 0 Å². The molecule has 0 radical (unpaired) electrons. The Hall–Kier alpha value is -4.22. The molecule has 2 atom stereocenters. The van der Waals surface area contributed by atoms with E-state index in [4.69, 9.17) is 18.9 Å². The van der Waals surface area contributed by atoms with Crippen LogP contribution in [0.4, 0.5) is 10.1 Å². The zero-order valence-corrected chi connectivity index (χ0v) is 23.0. The number of methoxy groups -OCH3 is 4. The summed E-state index contributed by atoms with van der Waals surface area (Å²) in [5.41, 5.74) is -4.14. The molecule has 3 aliphatic heterocycles. The number of carbonyl (C=O) groups excluding carboxylic acids is 5. The fourth-order valence-electron chi connectivity index (χ4n) is 6.02. The molecule has 0 aromatic heterocycles. The van der Waals surface area contributed by atoms with Crippen molar-refractivity contribution < 1.29 is 47.3 Å². The van der Waals surface area contributed by atoms with Gasteiger partial charge in [-0.3, -0.25) is 4.79 Å². The van der Waals surface area contributed by atoms with Crippen molar-refractivity contribution in [1.82, 2.24) is 4.90 Å². The summed E-state index contributed by atoms with van der Waals surface area (Å²) >= 11 is 0. The quantitative estimate of drug-likeness (QED) is 0.362. The van der Waals surface area contributed by atoms with Crippen LogP contribution in [0.3, 0.4) is 0 Å². The predicted octanol–water partition coefficient (Wildman–Crippen LogP) is 1.93. The van der Waals surface area contributed by atoms with E-state index in [0.29, 0.717) is 19.3 Å². The molecule has 40 heavy (non-hydrogen) atoms. The molecule has 1 aromatic rings. The van der Waals surface area contributed by atoms with Gasteiger partial charge in [-0.05, 0) is 37.5 Å². The molecule has 12 heteroatoms. The molecule has 1 spiro atoms. The van der Waals surface area contributed by atoms with Gasteiger partial charge in [-0.15, -0.1) is 0 Å². The molecular weight excluding hydrogens is 527 g/mol. The Balaban J connectivity index is 2.33. The Morgan fingerprint density at radius 1 is 0.950 bits per heavy atom. The summed E-state index contributed by atoms with van der Waals surface area (Å²) < 4.78 is 35.4. The van der Waals surface area contributed by atoms with Crippen molar-refractivity contribution in [3.8, 4) is 0 Å². The summed E-state index contributed by atoms with van der Waals surface area (Å²) in [7, 11) is 4.31. The molecule has 1 fully saturated rings. The van der Waals surface area contributed by atoms with Crippen molar-refractivity contribution >= 4 is 35.5 Å². The van der Waals surface area contributed by atoms with E-state index in [9.17, 15) is 24.0 Å². The number of carbonyl (C=O) groups is 5. The lowest BCUT2D eigenvalue weighted by molar-refractivity contribution is -0.143. The van der Waals surface area contributed by atoms with Gasteiger partial charge in [0.1, 0.15) is 16.9 Å². The molecule has 3 aliphatic rings. The van der Waals surface area contributed by atoms with E-state index in [0.717, 1.165) is 40.6 Å². The van der Waals surface area contributed by atoms with Gasteiger partial charge in [-0.25, -0.2) is 23.6 Å². The molecule has 0 unspecified atom stereocenters.